The van der Waals surface area contributed by atoms with Crippen LogP contribution >= 0.6 is 0 Å². The smallest absolute Gasteiger partial charge is 0.372 e. The van der Waals surface area contributed by atoms with Gasteiger partial charge in [-0.2, -0.15) is 0 Å². The topological polar surface area (TPSA) is 62.9 Å². The fraction of sp³-hybridized carbons (Fsp3) is 0.471. The average Bonchev–Trinajstić information content (AvgIpc) is 2.86. The van der Waals surface area contributed by atoms with E-state index in [1.165, 1.54) is 5.56 Å². The Kier molecular flexibility index (Phi) is 4.18. The van der Waals surface area contributed by atoms with Crippen molar-refractivity contribution in [2.75, 3.05) is 26.3 Å². The van der Waals surface area contributed by atoms with E-state index in [1.54, 1.807) is 0 Å². The molecule has 0 atom stereocenters. The first-order valence-corrected chi connectivity index (χ1v) is 7.68. The SMILES string of the molecule is CCc1cc(CN2CCOCC2)c2oc(C(=O)O)c(C)c2c1. The molecule has 1 N–H and O–H groups in total. The van der Waals surface area contributed by atoms with Crippen LogP contribution in [0.5, 0.6) is 0 Å². The van der Waals surface area contributed by atoms with Gasteiger partial charge in [0.1, 0.15) is 5.58 Å². The zero-order chi connectivity index (χ0) is 15.7. The number of nitrogens with zero attached hydrogens (tertiary/aromatic N) is 1. The number of hydrogen-bond donors (Lipinski definition) is 1. The zero-order valence-electron chi connectivity index (χ0n) is 13.0. The fourth-order valence-electron chi connectivity index (χ4n) is 2.98. The monoisotopic (exact) mass is 303 g/mol. The number of aryl methyl sites for hydroxylation is 2. The van der Waals surface area contributed by atoms with E-state index >= 15 is 0 Å². The Morgan fingerprint density at radius 1 is 1.32 bits per heavy atom. The lowest BCUT2D eigenvalue weighted by molar-refractivity contribution is 0.0342. The largest absolute Gasteiger partial charge is 0.475 e. The van der Waals surface area contributed by atoms with E-state index in [9.17, 15) is 9.90 Å². The van der Waals surface area contributed by atoms with Crippen molar-refractivity contribution in [3.63, 3.8) is 0 Å². The normalized spacial score (nSPS) is 16.3. The molecule has 0 spiro atoms. The van der Waals surface area contributed by atoms with Crippen LogP contribution in [-0.2, 0) is 17.7 Å². The van der Waals surface area contributed by atoms with Crippen LogP contribution in [0.3, 0.4) is 0 Å². The van der Waals surface area contributed by atoms with Crippen LogP contribution in [0, 0.1) is 6.92 Å². The van der Waals surface area contributed by atoms with Gasteiger partial charge in [0.25, 0.3) is 0 Å². The standard InChI is InChI=1S/C17H21NO4/c1-3-12-8-13(10-18-4-6-21-7-5-18)16-14(9-12)11(2)15(22-16)17(19)20/h8-9H,3-7,10H2,1-2H3,(H,19,20). The number of rotatable bonds is 4. The highest BCUT2D eigenvalue weighted by Gasteiger charge is 2.21. The molecule has 0 amide bonds. The summed E-state index contributed by atoms with van der Waals surface area (Å²) in [5.41, 5.74) is 3.68. The summed E-state index contributed by atoms with van der Waals surface area (Å²) >= 11 is 0. The summed E-state index contributed by atoms with van der Waals surface area (Å²) in [6.45, 7) is 7.95. The van der Waals surface area contributed by atoms with Crippen LogP contribution in [0.15, 0.2) is 16.5 Å². The molecule has 0 radical (unpaired) electrons. The van der Waals surface area contributed by atoms with Crippen LogP contribution in [0.25, 0.3) is 11.0 Å². The highest BCUT2D eigenvalue weighted by Crippen LogP contribution is 2.30. The van der Waals surface area contributed by atoms with Gasteiger partial charge in [0.2, 0.25) is 5.76 Å². The third kappa shape index (κ3) is 2.74. The second-order valence-electron chi connectivity index (χ2n) is 5.74. The van der Waals surface area contributed by atoms with Gasteiger partial charge in [-0.05, 0) is 25.0 Å². The first-order chi connectivity index (χ1) is 10.6. The number of furan rings is 1. The molecule has 0 unspecified atom stereocenters. The van der Waals surface area contributed by atoms with Crippen molar-refractivity contribution in [3.05, 3.63) is 34.6 Å². The number of carboxylic acids is 1. The van der Waals surface area contributed by atoms with Gasteiger partial charge in [-0.1, -0.05) is 13.0 Å². The van der Waals surface area contributed by atoms with Crippen LogP contribution in [0.4, 0.5) is 0 Å². The Morgan fingerprint density at radius 2 is 2.05 bits per heavy atom. The Balaban J connectivity index is 2.06. The van der Waals surface area contributed by atoms with Crippen LogP contribution in [-0.4, -0.2) is 42.3 Å². The van der Waals surface area contributed by atoms with E-state index in [1.807, 2.05) is 13.0 Å². The van der Waals surface area contributed by atoms with Crippen molar-refractivity contribution < 1.29 is 19.1 Å². The molecule has 1 aliphatic heterocycles. The molecule has 5 heteroatoms. The molecule has 2 heterocycles. The molecule has 3 rings (SSSR count). The van der Waals surface area contributed by atoms with Crippen molar-refractivity contribution in [3.8, 4) is 0 Å². The molecule has 2 aromatic rings. The Bertz CT molecular complexity index is 698. The number of carbonyl (C=O) groups is 1. The fourth-order valence-corrected chi connectivity index (χ4v) is 2.98. The van der Waals surface area contributed by atoms with Gasteiger partial charge >= 0.3 is 5.97 Å². The van der Waals surface area contributed by atoms with Gasteiger partial charge in [-0.3, -0.25) is 4.90 Å². The first-order valence-electron chi connectivity index (χ1n) is 7.68. The summed E-state index contributed by atoms with van der Waals surface area (Å²) in [5, 5.41) is 10.2. The Hall–Kier alpha value is -1.85. The van der Waals surface area contributed by atoms with Crippen molar-refractivity contribution in [1.29, 1.82) is 0 Å². The number of benzene rings is 1. The molecule has 5 nitrogen and oxygen atoms in total. The molecular formula is C17H21NO4. The van der Waals surface area contributed by atoms with Gasteiger partial charge < -0.3 is 14.3 Å². The summed E-state index contributed by atoms with van der Waals surface area (Å²) in [4.78, 5) is 13.6. The Morgan fingerprint density at radius 3 is 2.68 bits per heavy atom. The van der Waals surface area contributed by atoms with E-state index in [0.717, 1.165) is 50.2 Å². The lowest BCUT2D eigenvalue weighted by Gasteiger charge is -2.26. The number of hydrogen-bond acceptors (Lipinski definition) is 4. The molecule has 0 saturated carbocycles. The molecular weight excluding hydrogens is 282 g/mol. The van der Waals surface area contributed by atoms with Gasteiger partial charge in [0.15, 0.2) is 0 Å². The molecule has 22 heavy (non-hydrogen) atoms. The van der Waals surface area contributed by atoms with Crippen molar-refractivity contribution in [1.82, 2.24) is 4.90 Å². The molecule has 1 saturated heterocycles. The number of fused-ring (bicyclic) bond motifs is 1. The summed E-state index contributed by atoms with van der Waals surface area (Å²) in [7, 11) is 0. The highest BCUT2D eigenvalue weighted by molar-refractivity contribution is 5.96. The lowest BCUT2D eigenvalue weighted by Crippen LogP contribution is -2.35. The van der Waals surface area contributed by atoms with E-state index in [0.29, 0.717) is 11.1 Å². The highest BCUT2D eigenvalue weighted by atomic mass is 16.5. The second-order valence-corrected chi connectivity index (χ2v) is 5.74. The molecule has 1 aliphatic rings. The van der Waals surface area contributed by atoms with Crippen LogP contribution < -0.4 is 0 Å². The second kappa shape index (κ2) is 6.10. The predicted molar refractivity (Wildman–Crippen MR) is 83.4 cm³/mol. The number of morpholine rings is 1. The van der Waals surface area contributed by atoms with E-state index in [4.69, 9.17) is 9.15 Å². The summed E-state index contributed by atoms with van der Waals surface area (Å²) < 4.78 is 11.1. The van der Waals surface area contributed by atoms with Gasteiger partial charge in [0.05, 0.1) is 13.2 Å². The predicted octanol–water partition coefficient (Wildman–Crippen LogP) is 2.83. The van der Waals surface area contributed by atoms with Crippen molar-refractivity contribution in [2.45, 2.75) is 26.8 Å². The minimum atomic E-state index is -1.01. The molecule has 118 valence electrons. The first kappa shape index (κ1) is 15.1. The molecule has 1 aromatic heterocycles. The van der Waals surface area contributed by atoms with E-state index in [2.05, 4.69) is 17.9 Å². The minimum Gasteiger partial charge on any atom is -0.475 e. The van der Waals surface area contributed by atoms with Crippen molar-refractivity contribution >= 4 is 16.9 Å². The maximum Gasteiger partial charge on any atom is 0.372 e. The summed E-state index contributed by atoms with van der Waals surface area (Å²) in [6.07, 6.45) is 0.916. The minimum absolute atomic E-state index is 0.0477. The average molecular weight is 303 g/mol. The van der Waals surface area contributed by atoms with E-state index in [-0.39, 0.29) is 5.76 Å². The Labute approximate surface area is 129 Å². The molecule has 1 fully saturated rings. The summed E-state index contributed by atoms with van der Waals surface area (Å²) in [5.74, 6) is -0.962. The van der Waals surface area contributed by atoms with Gasteiger partial charge in [0, 0.05) is 36.1 Å². The lowest BCUT2D eigenvalue weighted by atomic mass is 10.0. The number of ether oxygens (including phenoxy) is 1. The van der Waals surface area contributed by atoms with Crippen LogP contribution in [0.2, 0.25) is 0 Å². The third-order valence-corrected chi connectivity index (χ3v) is 4.27. The zero-order valence-corrected chi connectivity index (χ0v) is 13.0. The number of aromatic carboxylic acids is 1. The molecule has 1 aromatic carbocycles. The van der Waals surface area contributed by atoms with Crippen LogP contribution in [0.1, 0.15) is 34.2 Å². The van der Waals surface area contributed by atoms with Gasteiger partial charge in [-0.15, -0.1) is 0 Å². The quantitative estimate of drug-likeness (QED) is 0.941. The summed E-state index contributed by atoms with van der Waals surface area (Å²) in [6, 6.07) is 4.18. The molecule has 0 bridgehead atoms. The maximum atomic E-state index is 11.3. The van der Waals surface area contributed by atoms with Crippen molar-refractivity contribution in [2.24, 2.45) is 0 Å². The van der Waals surface area contributed by atoms with E-state index < -0.39 is 5.97 Å². The third-order valence-electron chi connectivity index (χ3n) is 4.27. The maximum absolute atomic E-state index is 11.3. The van der Waals surface area contributed by atoms with Gasteiger partial charge in [-0.25, -0.2) is 4.79 Å². The molecule has 0 aliphatic carbocycles. The number of carboxylic acid groups (broad SMARTS) is 1.